The molecule has 0 saturated carbocycles. The Morgan fingerprint density at radius 1 is 0.446 bits per heavy atom. The van der Waals surface area contributed by atoms with Gasteiger partial charge in [0.1, 0.15) is 0 Å². The fourth-order valence-electron chi connectivity index (χ4n) is 8.20. The Morgan fingerprint density at radius 2 is 1.00 bits per heavy atom. The first-order valence-corrected chi connectivity index (χ1v) is 19.9. The molecule has 5 heteroatoms. The maximum absolute atomic E-state index is 5.11. The van der Waals surface area contributed by atoms with E-state index >= 15 is 0 Å². The topological polar surface area (TPSA) is 43.6 Å². The predicted octanol–water partition coefficient (Wildman–Crippen LogP) is 13.5. The molecule has 0 N–H and O–H groups in total. The standard InChI is InChI=1S/C51H34N4S/c1-2-11-37(12-3-1)49-52-50(54-51(53-49)44-17-10-16-43-42-15-6-9-20-47(42)56-48(43)44)38-27-25-35(26-28-38)33-21-23-34(24-22-33)36-29-31-39(32-30-36)55-45-18-7-4-13-40(45)41-14-5-8-19-46(41)55/h1-4,6-13,15-32H,5,14H2. The monoisotopic (exact) mass is 734 g/mol. The van der Waals surface area contributed by atoms with E-state index in [9.17, 15) is 0 Å². The van der Waals surface area contributed by atoms with E-state index in [0.717, 1.165) is 40.7 Å². The average molecular weight is 735 g/mol. The first-order chi connectivity index (χ1) is 27.7. The highest BCUT2D eigenvalue weighted by Gasteiger charge is 2.19. The Balaban J connectivity index is 0.900. The van der Waals surface area contributed by atoms with Crippen molar-refractivity contribution < 1.29 is 0 Å². The van der Waals surface area contributed by atoms with Crippen molar-refractivity contribution in [3.8, 4) is 62.1 Å². The van der Waals surface area contributed by atoms with Crippen LogP contribution < -0.4 is 0 Å². The Labute approximate surface area is 328 Å². The second-order valence-electron chi connectivity index (χ2n) is 14.3. The first-order valence-electron chi connectivity index (χ1n) is 19.1. The lowest BCUT2D eigenvalue weighted by Crippen LogP contribution is -2.00. The van der Waals surface area contributed by atoms with Crippen molar-refractivity contribution in [2.75, 3.05) is 0 Å². The van der Waals surface area contributed by atoms with Gasteiger partial charge in [-0.15, -0.1) is 11.3 Å². The third-order valence-corrected chi connectivity index (χ3v) is 12.2. The summed E-state index contributed by atoms with van der Waals surface area (Å²) in [6.07, 6.45) is 6.77. The van der Waals surface area contributed by atoms with Crippen LogP contribution in [0.2, 0.25) is 0 Å². The molecule has 1 aliphatic carbocycles. The summed E-state index contributed by atoms with van der Waals surface area (Å²) < 4.78 is 4.85. The van der Waals surface area contributed by atoms with Gasteiger partial charge in [-0.2, -0.15) is 0 Å². The summed E-state index contributed by atoms with van der Waals surface area (Å²) in [5.41, 5.74) is 12.8. The number of hydrogen-bond donors (Lipinski definition) is 0. The molecular formula is C51H34N4S. The lowest BCUT2D eigenvalue weighted by atomic mass is 9.99. The van der Waals surface area contributed by atoms with Gasteiger partial charge in [0.25, 0.3) is 0 Å². The Morgan fingerprint density at radius 3 is 1.71 bits per heavy atom. The van der Waals surface area contributed by atoms with Gasteiger partial charge in [-0.3, -0.25) is 0 Å². The van der Waals surface area contributed by atoms with Gasteiger partial charge in [0.05, 0.1) is 5.52 Å². The predicted molar refractivity (Wildman–Crippen MR) is 234 cm³/mol. The van der Waals surface area contributed by atoms with Crippen LogP contribution in [-0.2, 0) is 6.42 Å². The summed E-state index contributed by atoms with van der Waals surface area (Å²) in [5.74, 6) is 1.99. The van der Waals surface area contributed by atoms with E-state index < -0.39 is 0 Å². The summed E-state index contributed by atoms with van der Waals surface area (Å²) in [6, 6.07) is 60.3. The number of rotatable bonds is 6. The van der Waals surface area contributed by atoms with Crippen molar-refractivity contribution >= 4 is 48.5 Å². The largest absolute Gasteiger partial charge is 0.310 e. The molecule has 7 aromatic carbocycles. The van der Waals surface area contributed by atoms with Gasteiger partial charge in [0, 0.05) is 53.6 Å². The Bertz CT molecular complexity index is 3100. The molecule has 0 atom stereocenters. The molecule has 56 heavy (non-hydrogen) atoms. The van der Waals surface area contributed by atoms with Crippen LogP contribution in [-0.4, -0.2) is 19.5 Å². The molecule has 1 aliphatic rings. The number of hydrogen-bond acceptors (Lipinski definition) is 4. The van der Waals surface area contributed by atoms with Crippen LogP contribution in [0.3, 0.4) is 0 Å². The lowest BCUT2D eigenvalue weighted by molar-refractivity contribution is 0.967. The van der Waals surface area contributed by atoms with Crippen molar-refractivity contribution in [2.24, 2.45) is 0 Å². The molecule has 0 radical (unpaired) electrons. The summed E-state index contributed by atoms with van der Waals surface area (Å²) in [4.78, 5) is 15.2. The highest BCUT2D eigenvalue weighted by atomic mass is 32.1. The fraction of sp³-hybridized carbons (Fsp3) is 0.0392. The van der Waals surface area contributed by atoms with Gasteiger partial charge >= 0.3 is 0 Å². The summed E-state index contributed by atoms with van der Waals surface area (Å²) in [5, 5.41) is 3.83. The van der Waals surface area contributed by atoms with Gasteiger partial charge in [-0.1, -0.05) is 146 Å². The molecule has 11 rings (SSSR count). The second kappa shape index (κ2) is 13.4. The minimum absolute atomic E-state index is 0.654. The van der Waals surface area contributed by atoms with E-state index in [1.807, 2.05) is 18.2 Å². The molecule has 0 spiro atoms. The normalized spacial score (nSPS) is 12.4. The highest BCUT2D eigenvalue weighted by Crippen LogP contribution is 2.40. The Hall–Kier alpha value is -6.95. The quantitative estimate of drug-likeness (QED) is 0.171. The maximum Gasteiger partial charge on any atom is 0.165 e. The fourth-order valence-corrected chi connectivity index (χ4v) is 9.41. The van der Waals surface area contributed by atoms with Gasteiger partial charge in [-0.05, 0) is 77.1 Å². The molecule has 0 amide bonds. The number of allylic oxidation sites excluding steroid dienone is 1. The zero-order chi connectivity index (χ0) is 37.0. The molecule has 0 unspecified atom stereocenters. The first kappa shape index (κ1) is 32.5. The van der Waals surface area contributed by atoms with Gasteiger partial charge in [-0.25, -0.2) is 15.0 Å². The molecule has 3 heterocycles. The molecule has 0 fully saturated rings. The molecule has 10 aromatic rings. The van der Waals surface area contributed by atoms with Crippen LogP contribution in [0.1, 0.15) is 17.7 Å². The van der Waals surface area contributed by atoms with E-state index in [1.54, 1.807) is 11.3 Å². The van der Waals surface area contributed by atoms with Gasteiger partial charge < -0.3 is 4.57 Å². The van der Waals surface area contributed by atoms with Crippen molar-refractivity contribution in [1.29, 1.82) is 0 Å². The number of para-hydroxylation sites is 1. The van der Waals surface area contributed by atoms with Crippen molar-refractivity contribution in [1.82, 2.24) is 19.5 Å². The highest BCUT2D eigenvalue weighted by molar-refractivity contribution is 7.26. The van der Waals surface area contributed by atoms with Crippen molar-refractivity contribution in [2.45, 2.75) is 12.8 Å². The van der Waals surface area contributed by atoms with E-state index in [4.69, 9.17) is 15.0 Å². The molecule has 264 valence electrons. The van der Waals surface area contributed by atoms with E-state index in [0.29, 0.717) is 17.5 Å². The second-order valence-corrected chi connectivity index (χ2v) is 15.4. The minimum Gasteiger partial charge on any atom is -0.310 e. The molecule has 3 aromatic heterocycles. The van der Waals surface area contributed by atoms with E-state index in [2.05, 4.69) is 168 Å². The number of aryl methyl sites for hydroxylation is 1. The zero-order valence-electron chi connectivity index (χ0n) is 30.4. The summed E-state index contributed by atoms with van der Waals surface area (Å²) >= 11 is 1.79. The van der Waals surface area contributed by atoms with Crippen LogP contribution in [0.5, 0.6) is 0 Å². The SMILES string of the molecule is C1=Cc2c(c3ccccc3n2-c2ccc(-c3ccc(-c4ccc(-c5nc(-c6ccccc6)nc(-c6cccc7c6sc6ccccc67)n5)cc4)cc3)cc2)CC1. The van der Waals surface area contributed by atoms with Crippen LogP contribution >= 0.6 is 11.3 Å². The number of nitrogens with zero attached hydrogens (tertiary/aromatic N) is 4. The van der Waals surface area contributed by atoms with Crippen LogP contribution in [0.4, 0.5) is 0 Å². The van der Waals surface area contributed by atoms with Crippen molar-refractivity contribution in [3.63, 3.8) is 0 Å². The Kier molecular flexibility index (Phi) is 7.78. The van der Waals surface area contributed by atoms with E-state index in [1.165, 1.54) is 59.1 Å². The minimum atomic E-state index is 0.654. The maximum atomic E-state index is 5.11. The third kappa shape index (κ3) is 5.55. The number of aromatic nitrogens is 4. The summed E-state index contributed by atoms with van der Waals surface area (Å²) in [7, 11) is 0. The van der Waals surface area contributed by atoms with Gasteiger partial charge in [0.15, 0.2) is 17.5 Å². The van der Waals surface area contributed by atoms with Crippen LogP contribution in [0.15, 0.2) is 176 Å². The van der Waals surface area contributed by atoms with Gasteiger partial charge in [0.2, 0.25) is 0 Å². The van der Waals surface area contributed by atoms with E-state index in [-0.39, 0.29) is 0 Å². The van der Waals surface area contributed by atoms with Crippen LogP contribution in [0, 0.1) is 0 Å². The number of benzene rings is 7. The number of thiophene rings is 1. The van der Waals surface area contributed by atoms with Crippen LogP contribution in [0.25, 0.3) is 99.3 Å². The summed E-state index contributed by atoms with van der Waals surface area (Å²) in [6.45, 7) is 0. The van der Waals surface area contributed by atoms with Crippen molar-refractivity contribution in [3.05, 3.63) is 187 Å². The number of fused-ring (bicyclic) bond motifs is 6. The lowest BCUT2D eigenvalue weighted by Gasteiger charge is -2.13. The zero-order valence-corrected chi connectivity index (χ0v) is 31.2. The molecule has 4 nitrogen and oxygen atoms in total. The molecule has 0 aliphatic heterocycles. The smallest absolute Gasteiger partial charge is 0.165 e. The molecule has 0 bridgehead atoms. The molecule has 0 saturated heterocycles. The third-order valence-electron chi connectivity index (χ3n) is 11.0. The molecular weight excluding hydrogens is 701 g/mol. The average Bonchev–Trinajstić information content (AvgIpc) is 3.83.